The van der Waals surface area contributed by atoms with Gasteiger partial charge in [0.1, 0.15) is 5.82 Å². The number of para-hydroxylation sites is 1. The average Bonchev–Trinajstić information content (AvgIpc) is 2.58. The van der Waals surface area contributed by atoms with E-state index >= 15 is 0 Å². The highest BCUT2D eigenvalue weighted by molar-refractivity contribution is 5.85. The lowest BCUT2D eigenvalue weighted by Crippen LogP contribution is -2.03. The summed E-state index contributed by atoms with van der Waals surface area (Å²) in [6, 6.07) is 5.06. The van der Waals surface area contributed by atoms with Gasteiger partial charge in [-0.15, -0.1) is 0 Å². The van der Waals surface area contributed by atoms with Crippen molar-refractivity contribution in [2.24, 2.45) is 5.73 Å². The van der Waals surface area contributed by atoms with Gasteiger partial charge in [-0.3, -0.25) is 0 Å². The minimum absolute atomic E-state index is 0.0675. The van der Waals surface area contributed by atoms with Gasteiger partial charge in [-0.25, -0.2) is 4.39 Å². The van der Waals surface area contributed by atoms with Gasteiger partial charge in [0.2, 0.25) is 0 Å². The maximum Gasteiger partial charge on any atom is 0.147 e. The number of hydrogen-bond acceptors (Lipinski definition) is 1. The predicted octanol–water partition coefficient (Wildman–Crippen LogP) is 2.82. The lowest BCUT2D eigenvalue weighted by molar-refractivity contribution is 0.626. The van der Waals surface area contributed by atoms with Crippen LogP contribution in [0.2, 0.25) is 0 Å². The van der Waals surface area contributed by atoms with Crippen molar-refractivity contribution in [2.45, 2.75) is 26.4 Å². The summed E-state index contributed by atoms with van der Waals surface area (Å²) < 4.78 is 15.6. The van der Waals surface area contributed by atoms with Crippen LogP contribution in [-0.4, -0.2) is 4.57 Å². The summed E-state index contributed by atoms with van der Waals surface area (Å²) in [6.07, 6.45) is 1.94. The molecule has 0 spiro atoms. The minimum Gasteiger partial charge on any atom is -0.345 e. The molecule has 2 rings (SSSR count). The van der Waals surface area contributed by atoms with Crippen LogP contribution < -0.4 is 5.73 Å². The summed E-state index contributed by atoms with van der Waals surface area (Å²) >= 11 is 0. The Balaban J connectivity index is 2.81. The molecule has 2 N–H and O–H groups in total. The first-order chi connectivity index (χ1) is 7.15. The van der Waals surface area contributed by atoms with Crippen LogP contribution in [0.3, 0.4) is 0 Å². The third-order valence-electron chi connectivity index (χ3n) is 2.71. The van der Waals surface area contributed by atoms with Gasteiger partial charge in [0, 0.05) is 24.2 Å². The molecular weight excluding hydrogens is 191 g/mol. The van der Waals surface area contributed by atoms with E-state index in [2.05, 4.69) is 0 Å². The maximum absolute atomic E-state index is 13.6. The van der Waals surface area contributed by atoms with Crippen molar-refractivity contribution in [1.82, 2.24) is 4.57 Å². The molecule has 0 amide bonds. The Morgan fingerprint density at radius 3 is 2.80 bits per heavy atom. The van der Waals surface area contributed by atoms with Crippen LogP contribution in [0, 0.1) is 5.82 Å². The fraction of sp³-hybridized carbons (Fsp3) is 0.333. The Hall–Kier alpha value is -1.35. The van der Waals surface area contributed by atoms with Crippen molar-refractivity contribution in [3.05, 3.63) is 35.8 Å². The van der Waals surface area contributed by atoms with Crippen LogP contribution in [0.1, 0.15) is 25.5 Å². The minimum atomic E-state index is -0.179. The van der Waals surface area contributed by atoms with Crippen LogP contribution in [0.15, 0.2) is 24.4 Å². The molecule has 80 valence electrons. The largest absolute Gasteiger partial charge is 0.345 e. The van der Waals surface area contributed by atoms with Gasteiger partial charge < -0.3 is 10.3 Å². The summed E-state index contributed by atoms with van der Waals surface area (Å²) in [5.41, 5.74) is 7.53. The van der Waals surface area contributed by atoms with Gasteiger partial charge in [-0.05, 0) is 25.5 Å². The van der Waals surface area contributed by atoms with Gasteiger partial charge in [-0.1, -0.05) is 12.1 Å². The number of aromatic nitrogens is 1. The Morgan fingerprint density at radius 2 is 2.20 bits per heavy atom. The Morgan fingerprint density at radius 1 is 1.47 bits per heavy atom. The quantitative estimate of drug-likeness (QED) is 0.804. The smallest absolute Gasteiger partial charge is 0.147 e. The Bertz CT molecular complexity index is 486. The normalized spacial score (nSPS) is 13.3. The van der Waals surface area contributed by atoms with Gasteiger partial charge in [-0.2, -0.15) is 0 Å². The fourth-order valence-electron chi connectivity index (χ4n) is 1.95. The van der Waals surface area contributed by atoms with E-state index in [0.29, 0.717) is 5.52 Å². The molecule has 15 heavy (non-hydrogen) atoms. The second-order valence-corrected chi connectivity index (χ2v) is 3.80. The van der Waals surface area contributed by atoms with E-state index in [1.165, 1.54) is 6.07 Å². The first kappa shape index (κ1) is 10.2. The number of aryl methyl sites for hydroxylation is 1. The Labute approximate surface area is 88.5 Å². The maximum atomic E-state index is 13.6. The molecule has 1 aromatic carbocycles. The molecule has 0 aliphatic rings. The molecule has 0 aliphatic heterocycles. The summed E-state index contributed by atoms with van der Waals surface area (Å²) in [6.45, 7) is 4.67. The second-order valence-electron chi connectivity index (χ2n) is 3.80. The molecule has 0 bridgehead atoms. The lowest BCUT2D eigenvalue weighted by Gasteiger charge is -2.01. The zero-order valence-electron chi connectivity index (χ0n) is 9.00. The van der Waals surface area contributed by atoms with Crippen LogP contribution in [0.25, 0.3) is 10.9 Å². The lowest BCUT2D eigenvalue weighted by atomic mass is 10.1. The van der Waals surface area contributed by atoms with Crippen LogP contribution in [-0.2, 0) is 6.54 Å². The molecule has 0 aliphatic carbocycles. The molecule has 1 heterocycles. The molecule has 0 saturated heterocycles. The topological polar surface area (TPSA) is 30.9 Å². The monoisotopic (exact) mass is 206 g/mol. The molecule has 0 fully saturated rings. The van der Waals surface area contributed by atoms with Gasteiger partial charge in [0.25, 0.3) is 0 Å². The van der Waals surface area contributed by atoms with E-state index in [9.17, 15) is 4.39 Å². The molecule has 2 nitrogen and oxygen atoms in total. The number of hydrogen-bond donors (Lipinski definition) is 1. The van der Waals surface area contributed by atoms with Crippen molar-refractivity contribution >= 4 is 10.9 Å². The summed E-state index contributed by atoms with van der Waals surface area (Å²) in [5, 5.41) is 0.923. The second kappa shape index (κ2) is 3.66. The van der Waals surface area contributed by atoms with Crippen LogP contribution in [0.4, 0.5) is 4.39 Å². The third kappa shape index (κ3) is 1.53. The van der Waals surface area contributed by atoms with Gasteiger partial charge in [0.15, 0.2) is 0 Å². The summed E-state index contributed by atoms with van der Waals surface area (Å²) in [5.74, 6) is -0.179. The molecule has 1 atom stereocenters. The van der Waals surface area contributed by atoms with Crippen LogP contribution >= 0.6 is 0 Å². The van der Waals surface area contributed by atoms with Crippen LogP contribution in [0.5, 0.6) is 0 Å². The van der Waals surface area contributed by atoms with Gasteiger partial charge in [0.05, 0.1) is 5.52 Å². The number of benzene rings is 1. The zero-order valence-corrected chi connectivity index (χ0v) is 9.00. The SMILES string of the molecule is CCn1cc(C(C)N)c2cccc(F)c21. The van der Waals surface area contributed by atoms with E-state index in [1.807, 2.05) is 30.7 Å². The first-order valence-electron chi connectivity index (χ1n) is 5.18. The number of rotatable bonds is 2. The molecule has 0 radical (unpaired) electrons. The predicted molar refractivity (Wildman–Crippen MR) is 60.2 cm³/mol. The molecular formula is C12H15FN2. The summed E-state index contributed by atoms with van der Waals surface area (Å²) in [7, 11) is 0. The van der Waals surface area contributed by atoms with Crippen molar-refractivity contribution in [3.63, 3.8) is 0 Å². The van der Waals surface area contributed by atoms with E-state index in [1.54, 1.807) is 6.07 Å². The number of halogens is 1. The molecule has 1 unspecified atom stereocenters. The zero-order chi connectivity index (χ0) is 11.0. The van der Waals surface area contributed by atoms with Crippen molar-refractivity contribution in [3.8, 4) is 0 Å². The highest BCUT2D eigenvalue weighted by Gasteiger charge is 2.13. The first-order valence-corrected chi connectivity index (χ1v) is 5.18. The van der Waals surface area contributed by atoms with E-state index in [4.69, 9.17) is 5.73 Å². The number of fused-ring (bicyclic) bond motifs is 1. The molecule has 0 saturated carbocycles. The Kier molecular flexibility index (Phi) is 2.49. The summed E-state index contributed by atoms with van der Waals surface area (Å²) in [4.78, 5) is 0. The standard InChI is InChI=1S/C12H15FN2/c1-3-15-7-10(8(2)14)9-5-4-6-11(13)12(9)15/h4-8H,3,14H2,1-2H3. The fourth-order valence-corrected chi connectivity index (χ4v) is 1.95. The third-order valence-corrected chi connectivity index (χ3v) is 2.71. The number of nitrogens with two attached hydrogens (primary N) is 1. The molecule has 1 aromatic heterocycles. The van der Waals surface area contributed by atoms with Gasteiger partial charge >= 0.3 is 0 Å². The highest BCUT2D eigenvalue weighted by Crippen LogP contribution is 2.27. The highest BCUT2D eigenvalue weighted by atomic mass is 19.1. The van der Waals surface area contributed by atoms with Crippen molar-refractivity contribution in [2.75, 3.05) is 0 Å². The van der Waals surface area contributed by atoms with E-state index < -0.39 is 0 Å². The van der Waals surface area contributed by atoms with Crippen molar-refractivity contribution < 1.29 is 4.39 Å². The van der Waals surface area contributed by atoms with E-state index in [0.717, 1.165) is 17.5 Å². The molecule has 2 aromatic rings. The number of nitrogens with zero attached hydrogens (tertiary/aromatic N) is 1. The van der Waals surface area contributed by atoms with E-state index in [-0.39, 0.29) is 11.9 Å². The molecule has 3 heteroatoms. The average molecular weight is 206 g/mol. The van der Waals surface area contributed by atoms with Crippen molar-refractivity contribution in [1.29, 1.82) is 0 Å².